The van der Waals surface area contributed by atoms with Gasteiger partial charge in [0.05, 0.1) is 12.2 Å². The van der Waals surface area contributed by atoms with Gasteiger partial charge in [-0.05, 0) is 42.9 Å². The van der Waals surface area contributed by atoms with Gasteiger partial charge in [-0.2, -0.15) is 0 Å². The van der Waals surface area contributed by atoms with Crippen LogP contribution in [0.3, 0.4) is 0 Å². The molecule has 0 spiro atoms. The molecule has 28 heavy (non-hydrogen) atoms. The van der Waals surface area contributed by atoms with Crippen molar-refractivity contribution >= 4 is 5.91 Å². The quantitative estimate of drug-likeness (QED) is 0.854. The van der Waals surface area contributed by atoms with Crippen molar-refractivity contribution in [1.82, 2.24) is 5.32 Å². The van der Waals surface area contributed by atoms with Crippen molar-refractivity contribution in [3.05, 3.63) is 71.8 Å². The molecule has 0 aromatic heterocycles. The Labute approximate surface area is 165 Å². The van der Waals surface area contributed by atoms with Crippen LogP contribution in [0.5, 0.6) is 0 Å². The third kappa shape index (κ3) is 3.83. The number of hydrogen-bond acceptors (Lipinski definition) is 4. The van der Waals surface area contributed by atoms with Crippen LogP contribution in [-0.4, -0.2) is 42.7 Å². The zero-order valence-corrected chi connectivity index (χ0v) is 16.0. The van der Waals surface area contributed by atoms with Gasteiger partial charge >= 0.3 is 0 Å². The molecule has 2 aromatic carbocycles. The molecular formula is C23H27NO4. The number of aliphatic hydroxyl groups is 1. The molecule has 5 nitrogen and oxygen atoms in total. The summed E-state index contributed by atoms with van der Waals surface area (Å²) in [5.74, 6) is 0.126. The van der Waals surface area contributed by atoms with E-state index in [1.165, 1.54) is 5.56 Å². The Morgan fingerprint density at radius 2 is 1.75 bits per heavy atom. The van der Waals surface area contributed by atoms with Crippen molar-refractivity contribution in [3.63, 3.8) is 0 Å². The number of benzene rings is 2. The molecule has 0 radical (unpaired) electrons. The van der Waals surface area contributed by atoms with E-state index in [2.05, 4.69) is 29.6 Å². The minimum atomic E-state index is -0.720. The van der Waals surface area contributed by atoms with Gasteiger partial charge < -0.3 is 19.9 Å². The molecule has 1 aliphatic heterocycles. The normalized spacial score (nSPS) is 32.4. The third-order valence-corrected chi connectivity index (χ3v) is 6.08. The van der Waals surface area contributed by atoms with Gasteiger partial charge in [0.25, 0.3) is 5.91 Å². The molecule has 2 fully saturated rings. The number of carbonyl (C=O) groups excluding carboxylic acids is 1. The Kier molecular flexibility index (Phi) is 5.76. The first-order valence-corrected chi connectivity index (χ1v) is 9.94. The lowest BCUT2D eigenvalue weighted by atomic mass is 9.71. The molecule has 0 bridgehead atoms. The van der Waals surface area contributed by atoms with Crippen LogP contribution in [0.4, 0.5) is 0 Å². The Hall–Kier alpha value is -2.21. The maximum atomic E-state index is 12.6. The average molecular weight is 381 g/mol. The highest BCUT2D eigenvalue weighted by Gasteiger charge is 2.48. The van der Waals surface area contributed by atoms with Gasteiger partial charge in [-0.15, -0.1) is 0 Å². The van der Waals surface area contributed by atoms with Crippen molar-refractivity contribution in [2.75, 3.05) is 7.11 Å². The van der Waals surface area contributed by atoms with Gasteiger partial charge in [0.1, 0.15) is 6.04 Å². The van der Waals surface area contributed by atoms with Crippen LogP contribution in [0.2, 0.25) is 0 Å². The number of carbonyl (C=O) groups is 1. The van der Waals surface area contributed by atoms with Crippen molar-refractivity contribution in [2.45, 2.75) is 49.7 Å². The maximum Gasteiger partial charge on any atom is 0.251 e. The van der Waals surface area contributed by atoms with E-state index in [0.29, 0.717) is 11.5 Å². The van der Waals surface area contributed by atoms with E-state index in [1.807, 2.05) is 24.3 Å². The number of methoxy groups -OCH3 is 1. The van der Waals surface area contributed by atoms with Gasteiger partial charge in [-0.1, -0.05) is 48.5 Å². The number of aliphatic hydroxyl groups excluding tert-OH is 1. The van der Waals surface area contributed by atoms with Crippen molar-refractivity contribution < 1.29 is 19.4 Å². The fraction of sp³-hybridized carbons (Fsp3) is 0.435. The van der Waals surface area contributed by atoms with Gasteiger partial charge in [-0.3, -0.25) is 4.79 Å². The van der Waals surface area contributed by atoms with Gasteiger partial charge in [0.15, 0.2) is 6.29 Å². The second-order valence-corrected chi connectivity index (χ2v) is 7.72. The van der Waals surface area contributed by atoms with Crippen LogP contribution >= 0.6 is 0 Å². The first-order chi connectivity index (χ1) is 13.7. The monoisotopic (exact) mass is 381 g/mol. The third-order valence-electron chi connectivity index (χ3n) is 6.08. The Balaban J connectivity index is 1.50. The summed E-state index contributed by atoms with van der Waals surface area (Å²) in [5, 5.41) is 14.1. The van der Waals surface area contributed by atoms with E-state index in [1.54, 1.807) is 19.2 Å². The molecule has 1 saturated heterocycles. The fourth-order valence-corrected chi connectivity index (χ4v) is 4.60. The van der Waals surface area contributed by atoms with Crippen molar-refractivity contribution in [1.29, 1.82) is 0 Å². The van der Waals surface area contributed by atoms with Crippen molar-refractivity contribution in [3.8, 4) is 0 Å². The van der Waals surface area contributed by atoms with Crippen molar-refractivity contribution in [2.24, 2.45) is 5.92 Å². The Bertz CT molecular complexity index is 782. The molecule has 2 aliphatic rings. The molecular weight excluding hydrogens is 354 g/mol. The minimum absolute atomic E-state index is 0.0357. The molecule has 1 aliphatic carbocycles. The van der Waals surface area contributed by atoms with Crippen LogP contribution in [0.1, 0.15) is 41.1 Å². The largest absolute Gasteiger partial charge is 0.390 e. The number of fused-ring (bicyclic) bond motifs is 1. The molecule has 1 heterocycles. The predicted octanol–water partition coefficient (Wildman–Crippen LogP) is 3.10. The van der Waals surface area contributed by atoms with Crippen LogP contribution in [0.15, 0.2) is 60.7 Å². The SMILES string of the molecule is CO[C@@H]1O[C@@H]2CC[C@H](c3ccccc3)C[C@@H]2[C@H](O)[C@@H]1NC(=O)c1ccccc1. The second-order valence-electron chi connectivity index (χ2n) is 7.72. The summed E-state index contributed by atoms with van der Waals surface area (Å²) in [5.41, 5.74) is 1.85. The summed E-state index contributed by atoms with van der Waals surface area (Å²) in [6, 6.07) is 18.8. The summed E-state index contributed by atoms with van der Waals surface area (Å²) in [4.78, 5) is 12.6. The highest BCUT2D eigenvalue weighted by atomic mass is 16.7. The summed E-state index contributed by atoms with van der Waals surface area (Å²) in [6.45, 7) is 0. The Morgan fingerprint density at radius 1 is 1.07 bits per heavy atom. The molecule has 6 atom stereocenters. The first kappa shape index (κ1) is 19.1. The maximum absolute atomic E-state index is 12.6. The summed E-state index contributed by atoms with van der Waals surface area (Å²) in [6.07, 6.45) is 1.31. The van der Waals surface area contributed by atoms with E-state index in [0.717, 1.165) is 19.3 Å². The van der Waals surface area contributed by atoms with Crippen LogP contribution < -0.4 is 5.32 Å². The first-order valence-electron chi connectivity index (χ1n) is 9.94. The number of nitrogens with one attached hydrogen (secondary N) is 1. The number of rotatable bonds is 4. The minimum Gasteiger partial charge on any atom is -0.390 e. The van der Waals surface area contributed by atoms with Crippen LogP contribution in [-0.2, 0) is 9.47 Å². The molecule has 148 valence electrons. The van der Waals surface area contributed by atoms with Gasteiger partial charge in [0, 0.05) is 18.6 Å². The smallest absolute Gasteiger partial charge is 0.251 e. The van der Waals surface area contributed by atoms with E-state index in [9.17, 15) is 9.90 Å². The van der Waals surface area contributed by atoms with E-state index in [-0.39, 0.29) is 17.9 Å². The van der Waals surface area contributed by atoms with E-state index < -0.39 is 18.4 Å². The zero-order valence-electron chi connectivity index (χ0n) is 16.0. The second kappa shape index (κ2) is 8.43. The molecule has 2 N–H and O–H groups in total. The van der Waals surface area contributed by atoms with E-state index >= 15 is 0 Å². The lowest BCUT2D eigenvalue weighted by Crippen LogP contribution is -2.62. The molecule has 0 unspecified atom stereocenters. The number of hydrogen-bond donors (Lipinski definition) is 2. The Morgan fingerprint density at radius 3 is 2.43 bits per heavy atom. The molecule has 1 amide bonds. The lowest BCUT2D eigenvalue weighted by molar-refractivity contribution is -0.248. The molecule has 1 saturated carbocycles. The lowest BCUT2D eigenvalue weighted by Gasteiger charge is -2.48. The highest BCUT2D eigenvalue weighted by molar-refractivity contribution is 5.94. The molecule has 2 aromatic rings. The van der Waals surface area contributed by atoms with Gasteiger partial charge in [-0.25, -0.2) is 0 Å². The topological polar surface area (TPSA) is 67.8 Å². The summed E-state index contributed by atoms with van der Waals surface area (Å²) in [7, 11) is 1.55. The standard InChI is InChI=1S/C23H27NO4/c1-27-23-20(24-22(26)16-10-6-3-7-11-16)21(25)18-14-17(12-13-19(18)28-23)15-8-4-2-5-9-15/h2-11,17-21,23,25H,12-14H2,1H3,(H,24,26)/t17-,18-,19+,20-,21-,23+/m0/s1. The average Bonchev–Trinajstić information content (AvgIpc) is 2.76. The summed E-state index contributed by atoms with van der Waals surface area (Å²) < 4.78 is 11.6. The molecule has 5 heteroatoms. The zero-order chi connectivity index (χ0) is 19.5. The van der Waals surface area contributed by atoms with Crippen LogP contribution in [0.25, 0.3) is 0 Å². The fourth-order valence-electron chi connectivity index (χ4n) is 4.60. The number of amides is 1. The number of ether oxygens (including phenoxy) is 2. The molecule has 4 rings (SSSR count). The predicted molar refractivity (Wildman–Crippen MR) is 106 cm³/mol. The summed E-state index contributed by atoms with van der Waals surface area (Å²) >= 11 is 0. The highest BCUT2D eigenvalue weighted by Crippen LogP contribution is 2.43. The van der Waals surface area contributed by atoms with Crippen LogP contribution in [0, 0.1) is 5.92 Å². The van der Waals surface area contributed by atoms with E-state index in [4.69, 9.17) is 9.47 Å². The van der Waals surface area contributed by atoms with Gasteiger partial charge in [0.2, 0.25) is 0 Å².